The van der Waals surface area contributed by atoms with Crippen LogP contribution < -0.4 is 9.05 Å². The molecule has 2 rings (SSSR count). The van der Waals surface area contributed by atoms with Crippen molar-refractivity contribution in [1.82, 2.24) is 0 Å². The minimum Gasteiger partial charge on any atom is -0.395 e. The van der Waals surface area contributed by atoms with E-state index in [1.165, 1.54) is 0 Å². The zero-order chi connectivity index (χ0) is 27.5. The summed E-state index contributed by atoms with van der Waals surface area (Å²) in [6, 6.07) is -7.88. The lowest BCUT2D eigenvalue weighted by Crippen LogP contribution is -2.14. The van der Waals surface area contributed by atoms with Crippen LogP contribution in [0.4, 0.5) is 0 Å². The number of aliphatic hydroxyl groups excluding tert-OH is 1. The summed E-state index contributed by atoms with van der Waals surface area (Å²) in [4.78, 5) is 0. The lowest BCUT2D eigenvalue weighted by Gasteiger charge is -2.22. The van der Waals surface area contributed by atoms with Gasteiger partial charge in [0, 0.05) is 0 Å². The average Bonchev–Trinajstić information content (AvgIpc) is 2.84. The lowest BCUT2D eigenvalue weighted by atomic mass is 10.00. The maximum atomic E-state index is 13.7. The van der Waals surface area contributed by atoms with Crippen LogP contribution in [-0.2, 0) is 9.09 Å². The van der Waals surface area contributed by atoms with Crippen LogP contribution in [0.5, 0.6) is 11.5 Å². The number of hydrogen-bond acceptors (Lipinski definition) is 5. The first-order chi connectivity index (χ1) is 16.6. The molecule has 5 nitrogen and oxygen atoms in total. The molecule has 0 aliphatic rings. The van der Waals surface area contributed by atoms with Crippen LogP contribution in [0.2, 0.25) is 0 Å². The number of hydrogen-bond donors (Lipinski definition) is 1. The van der Waals surface area contributed by atoms with Crippen molar-refractivity contribution in [2.45, 2.75) is 39.2 Å². The van der Waals surface area contributed by atoms with Crippen LogP contribution in [-0.4, -0.2) is 17.8 Å². The van der Waals surface area contributed by atoms with Gasteiger partial charge in [0.05, 0.1) is 26.4 Å². The SMILES string of the molecule is [2H]c1c([2H])c([2H])c(OP(=O)(OCC(CC)CCC(C)O)Oc2c([2H])c([2H])c([2H])c([2H])c2[2H])c([2H])c1[2H]. The molecule has 26 heavy (non-hydrogen) atoms. The molecule has 2 atom stereocenters. The van der Waals surface area contributed by atoms with Crippen molar-refractivity contribution in [1.29, 1.82) is 0 Å². The molecule has 2 unspecified atom stereocenters. The van der Waals surface area contributed by atoms with Crippen molar-refractivity contribution in [3.8, 4) is 11.5 Å². The lowest BCUT2D eigenvalue weighted by molar-refractivity contribution is 0.144. The number of phosphoric acid groups is 1. The van der Waals surface area contributed by atoms with Crippen molar-refractivity contribution in [3.63, 3.8) is 0 Å². The molecule has 142 valence electrons. The number of benzene rings is 2. The van der Waals surface area contributed by atoms with Gasteiger partial charge < -0.3 is 14.2 Å². The third-order valence-corrected chi connectivity index (χ3v) is 4.68. The third kappa shape index (κ3) is 7.20. The summed E-state index contributed by atoms with van der Waals surface area (Å²) in [6.45, 7) is 3.13. The van der Waals surface area contributed by atoms with E-state index in [0.29, 0.717) is 19.3 Å². The highest BCUT2D eigenvalue weighted by Gasteiger charge is 2.32. The Balaban J connectivity index is 2.57. The summed E-state index contributed by atoms with van der Waals surface area (Å²) in [5.41, 5.74) is 0. The van der Waals surface area contributed by atoms with Crippen molar-refractivity contribution in [3.05, 3.63) is 60.4 Å². The van der Waals surface area contributed by atoms with Gasteiger partial charge in [-0.2, -0.15) is 0 Å². The van der Waals surface area contributed by atoms with E-state index < -0.39 is 85.8 Å². The van der Waals surface area contributed by atoms with Crippen LogP contribution >= 0.6 is 7.82 Å². The second-order valence-corrected chi connectivity index (χ2v) is 7.05. The second kappa shape index (κ2) is 10.4. The fraction of sp³-hybridized carbons (Fsp3) is 0.400. The molecule has 0 fully saturated rings. The molecule has 0 aliphatic carbocycles. The summed E-state index contributed by atoms with van der Waals surface area (Å²) in [5.74, 6) is -1.97. The van der Waals surface area contributed by atoms with Gasteiger partial charge in [-0.1, -0.05) is 49.6 Å². The van der Waals surface area contributed by atoms with Gasteiger partial charge in [-0.15, -0.1) is 0 Å². The van der Waals surface area contributed by atoms with E-state index in [1.54, 1.807) is 6.92 Å². The van der Waals surface area contributed by atoms with E-state index in [2.05, 4.69) is 0 Å². The Morgan fingerprint density at radius 1 is 1.00 bits per heavy atom. The molecule has 1 N–H and O–H groups in total. The highest BCUT2D eigenvalue weighted by atomic mass is 31.2. The summed E-state index contributed by atoms with van der Waals surface area (Å²) in [5, 5.41) is 9.56. The first-order valence-electron chi connectivity index (χ1n) is 13.1. The maximum Gasteiger partial charge on any atom is 0.587 e. The first-order valence-corrected chi connectivity index (χ1v) is 9.56. The Bertz CT molecular complexity index is 1040. The average molecular weight is 388 g/mol. The van der Waals surface area contributed by atoms with Gasteiger partial charge in [0.25, 0.3) is 0 Å². The van der Waals surface area contributed by atoms with Gasteiger partial charge >= 0.3 is 7.82 Å². The maximum absolute atomic E-state index is 13.7. The topological polar surface area (TPSA) is 65.0 Å². The van der Waals surface area contributed by atoms with Gasteiger partial charge in [-0.05, 0) is 49.9 Å². The van der Waals surface area contributed by atoms with Crippen LogP contribution in [0, 0.1) is 5.92 Å². The molecular weight excluding hydrogens is 351 g/mol. The molecule has 0 bridgehead atoms. The molecule has 0 saturated heterocycles. The molecule has 0 spiro atoms. The van der Waals surface area contributed by atoms with E-state index in [4.69, 9.17) is 27.3 Å². The van der Waals surface area contributed by atoms with Crippen LogP contribution in [0.25, 0.3) is 0 Å². The highest BCUT2D eigenvalue weighted by molar-refractivity contribution is 7.49. The zero-order valence-electron chi connectivity index (χ0n) is 24.5. The molecule has 0 saturated carbocycles. The van der Waals surface area contributed by atoms with Crippen molar-refractivity contribution in [2.75, 3.05) is 6.61 Å². The van der Waals surface area contributed by atoms with Crippen molar-refractivity contribution >= 4 is 7.82 Å². The number of phosphoric ester groups is 1. The minimum atomic E-state index is -4.99. The van der Waals surface area contributed by atoms with Gasteiger partial charge in [-0.3, -0.25) is 4.52 Å². The Kier molecular flexibility index (Phi) is 4.19. The Labute approximate surface area is 169 Å². The molecule has 2 aromatic rings. The molecule has 0 amide bonds. The van der Waals surface area contributed by atoms with E-state index in [1.807, 2.05) is 6.92 Å². The predicted octanol–water partition coefficient (Wildman–Crippen LogP) is 5.46. The largest absolute Gasteiger partial charge is 0.587 e. The van der Waals surface area contributed by atoms with Crippen LogP contribution in [0.3, 0.4) is 0 Å². The Hall–Kier alpha value is -1.81. The molecule has 6 heteroatoms. The minimum absolute atomic E-state index is 0.264. The van der Waals surface area contributed by atoms with E-state index in [-0.39, 0.29) is 12.5 Å². The highest BCUT2D eigenvalue weighted by Crippen LogP contribution is 2.50. The van der Waals surface area contributed by atoms with E-state index in [9.17, 15) is 9.67 Å². The van der Waals surface area contributed by atoms with Gasteiger partial charge in [0.15, 0.2) is 0 Å². The van der Waals surface area contributed by atoms with Crippen LogP contribution in [0.15, 0.2) is 60.4 Å². The standard InChI is InChI=1S/C20H27O5P/c1-3-18(15-14-17(2)21)16-23-26(22,24-19-10-6-4-7-11-19)25-20-12-8-5-9-13-20/h4-13,17-18,21H,3,14-16H2,1-2H3/i4D,5D,6D,7D,8D,9D,10D,11D,12D,13D. The third-order valence-electron chi connectivity index (χ3n) is 3.40. The molecule has 0 aromatic heterocycles. The molecule has 0 aliphatic heterocycles. The summed E-state index contributed by atoms with van der Waals surface area (Å²) in [6.07, 6.45) is 0.781. The van der Waals surface area contributed by atoms with E-state index >= 15 is 0 Å². The number of para-hydroxylation sites is 2. The second-order valence-electron chi connectivity index (χ2n) is 5.53. The summed E-state index contributed by atoms with van der Waals surface area (Å²) >= 11 is 0. The fourth-order valence-electron chi connectivity index (χ4n) is 1.94. The molecular formula is C20H27O5P. The number of rotatable bonds is 11. The summed E-state index contributed by atoms with van der Waals surface area (Å²) in [7, 11) is -4.99. The zero-order valence-corrected chi connectivity index (χ0v) is 15.4. The normalized spacial score (nSPS) is 19.2. The van der Waals surface area contributed by atoms with Crippen molar-refractivity contribution in [2.24, 2.45) is 5.92 Å². The monoisotopic (exact) mass is 388 g/mol. The predicted molar refractivity (Wildman–Crippen MR) is 102 cm³/mol. The van der Waals surface area contributed by atoms with E-state index in [0.717, 1.165) is 0 Å². The number of aliphatic hydroxyl groups is 1. The Morgan fingerprint density at radius 2 is 1.50 bits per heavy atom. The molecule has 2 aromatic carbocycles. The molecule has 0 heterocycles. The molecule has 0 radical (unpaired) electrons. The quantitative estimate of drug-likeness (QED) is 0.518. The van der Waals surface area contributed by atoms with Gasteiger partial charge in [-0.25, -0.2) is 4.57 Å². The van der Waals surface area contributed by atoms with Gasteiger partial charge in [0.2, 0.25) is 0 Å². The summed E-state index contributed by atoms with van der Waals surface area (Å²) < 4.78 is 108. The van der Waals surface area contributed by atoms with Crippen LogP contribution in [0.1, 0.15) is 46.8 Å². The Morgan fingerprint density at radius 3 is 1.92 bits per heavy atom. The van der Waals surface area contributed by atoms with Gasteiger partial charge in [0.1, 0.15) is 11.5 Å². The van der Waals surface area contributed by atoms with Crippen molar-refractivity contribution < 1.29 is 37.0 Å². The first kappa shape index (κ1) is 10.5. The smallest absolute Gasteiger partial charge is 0.395 e. The fourth-order valence-corrected chi connectivity index (χ4v) is 3.11.